The monoisotopic (exact) mass is 159 g/mol. The lowest BCUT2D eigenvalue weighted by Gasteiger charge is -2.43. The van der Waals surface area contributed by atoms with Crippen LogP contribution in [-0.4, -0.2) is 30.5 Å². The van der Waals surface area contributed by atoms with Crippen LogP contribution in [0.5, 0.6) is 0 Å². The Morgan fingerprint density at radius 3 is 3.00 bits per heavy atom. The minimum Gasteiger partial charge on any atom is -0.785 e. The minimum atomic E-state index is -0.686. The number of nitrogens with two attached hydrogens (primary N) is 1. The normalized spacial score (nSPS) is 34.1. The number of hydroxylamine groups is 2. The summed E-state index contributed by atoms with van der Waals surface area (Å²) in [6.45, 7) is 3.24. The number of hydrogen-bond donors (Lipinski definition) is 1. The van der Waals surface area contributed by atoms with Gasteiger partial charge in [0.25, 0.3) is 0 Å². The zero-order valence-electron chi connectivity index (χ0n) is 6.88. The molecule has 1 atom stereocenters. The second-order valence-corrected chi connectivity index (χ2v) is 3.03. The van der Waals surface area contributed by atoms with Gasteiger partial charge in [0, 0.05) is 13.1 Å². The molecule has 0 spiro atoms. The van der Waals surface area contributed by atoms with Crippen LogP contribution in [0.1, 0.15) is 19.8 Å². The van der Waals surface area contributed by atoms with E-state index in [1.165, 1.54) is 0 Å². The van der Waals surface area contributed by atoms with Crippen LogP contribution in [0.25, 0.3) is 0 Å². The molecule has 1 saturated heterocycles. The van der Waals surface area contributed by atoms with Gasteiger partial charge in [0.1, 0.15) is 5.72 Å². The van der Waals surface area contributed by atoms with Crippen molar-refractivity contribution in [2.45, 2.75) is 25.5 Å². The summed E-state index contributed by atoms with van der Waals surface area (Å²) < 4.78 is 5.31. The summed E-state index contributed by atoms with van der Waals surface area (Å²) in [6.07, 6.45) is 1.70. The summed E-state index contributed by atoms with van der Waals surface area (Å²) in [5, 5.41) is 11.9. The molecule has 1 unspecified atom stereocenters. The van der Waals surface area contributed by atoms with E-state index in [2.05, 4.69) is 0 Å². The average Bonchev–Trinajstić information content (AvgIpc) is 1.86. The van der Waals surface area contributed by atoms with Gasteiger partial charge in [-0.3, -0.25) is 0 Å². The Labute approximate surface area is 66.9 Å². The first-order valence-corrected chi connectivity index (χ1v) is 4.01. The summed E-state index contributed by atoms with van der Waals surface area (Å²) in [5.74, 6) is 0. The molecule has 0 aromatic heterocycles. The molecule has 1 rings (SSSR count). The van der Waals surface area contributed by atoms with Crippen LogP contribution in [0.3, 0.4) is 0 Å². The largest absolute Gasteiger partial charge is 0.785 e. The van der Waals surface area contributed by atoms with Crippen LogP contribution in [0, 0.1) is 5.21 Å². The van der Waals surface area contributed by atoms with E-state index in [-0.39, 0.29) is 0 Å². The molecule has 0 bridgehead atoms. The second kappa shape index (κ2) is 3.49. The van der Waals surface area contributed by atoms with Crippen molar-refractivity contribution < 1.29 is 4.74 Å². The summed E-state index contributed by atoms with van der Waals surface area (Å²) >= 11 is 0. The van der Waals surface area contributed by atoms with Crippen molar-refractivity contribution in [3.05, 3.63) is 5.21 Å². The van der Waals surface area contributed by atoms with E-state index in [1.54, 1.807) is 0 Å². The fraction of sp³-hybridized carbons (Fsp3) is 1.00. The highest BCUT2D eigenvalue weighted by molar-refractivity contribution is 4.81. The van der Waals surface area contributed by atoms with Crippen LogP contribution in [0.4, 0.5) is 0 Å². The number of rotatable bonds is 2. The molecule has 0 radical (unpaired) electrons. The van der Waals surface area contributed by atoms with Crippen LogP contribution in [0.2, 0.25) is 0 Å². The van der Waals surface area contributed by atoms with Crippen molar-refractivity contribution in [1.29, 1.82) is 0 Å². The van der Waals surface area contributed by atoms with Gasteiger partial charge >= 0.3 is 0 Å². The quantitative estimate of drug-likeness (QED) is 0.628. The molecule has 1 aliphatic heterocycles. The molecule has 0 saturated carbocycles. The van der Waals surface area contributed by atoms with Crippen molar-refractivity contribution in [2.75, 3.05) is 19.7 Å². The Kier molecular flexibility index (Phi) is 2.84. The first-order valence-electron chi connectivity index (χ1n) is 4.01. The van der Waals surface area contributed by atoms with Crippen molar-refractivity contribution >= 4 is 0 Å². The van der Waals surface area contributed by atoms with Gasteiger partial charge in [-0.1, -0.05) is 13.3 Å². The zero-order chi connectivity index (χ0) is 8.32. The molecule has 4 heteroatoms. The Bertz CT molecular complexity index is 128. The van der Waals surface area contributed by atoms with Gasteiger partial charge in [-0.15, -0.1) is 0 Å². The molecule has 4 nitrogen and oxygen atoms in total. The van der Waals surface area contributed by atoms with Gasteiger partial charge in [0.15, 0.2) is 0 Å². The summed E-state index contributed by atoms with van der Waals surface area (Å²) in [6, 6.07) is 0. The van der Waals surface area contributed by atoms with E-state index < -0.39 is 5.72 Å². The lowest BCUT2D eigenvalue weighted by Crippen LogP contribution is -2.55. The second-order valence-electron chi connectivity index (χ2n) is 3.03. The molecule has 0 aliphatic carbocycles. The Morgan fingerprint density at radius 1 is 1.73 bits per heavy atom. The van der Waals surface area contributed by atoms with E-state index in [0.717, 1.165) is 17.9 Å². The van der Waals surface area contributed by atoms with Crippen LogP contribution in [-0.2, 0) is 4.74 Å². The van der Waals surface area contributed by atoms with Crippen molar-refractivity contribution in [1.82, 2.24) is 5.06 Å². The van der Waals surface area contributed by atoms with Crippen molar-refractivity contribution in [3.8, 4) is 0 Å². The summed E-state index contributed by atoms with van der Waals surface area (Å²) in [4.78, 5) is 0. The Balaban J connectivity index is 2.41. The first-order chi connectivity index (χ1) is 5.16. The molecule has 0 aromatic carbocycles. The zero-order valence-corrected chi connectivity index (χ0v) is 6.88. The minimum absolute atomic E-state index is 0.306. The van der Waals surface area contributed by atoms with E-state index in [0.29, 0.717) is 19.7 Å². The molecule has 11 heavy (non-hydrogen) atoms. The lowest BCUT2D eigenvalue weighted by atomic mass is 10.1. The maximum atomic E-state index is 10.9. The highest BCUT2D eigenvalue weighted by Gasteiger charge is 2.27. The Morgan fingerprint density at radius 2 is 2.45 bits per heavy atom. The lowest BCUT2D eigenvalue weighted by molar-refractivity contribution is -0.0987. The standard InChI is InChI=1S/C7H15N2O2/c1-2-3-7(8)6-9(10)4-5-11-7/h2-6,8H2,1H3/q-1. The van der Waals surface area contributed by atoms with Gasteiger partial charge in [-0.05, 0) is 6.42 Å². The van der Waals surface area contributed by atoms with Crippen LogP contribution in [0.15, 0.2) is 0 Å². The first kappa shape index (κ1) is 8.93. The molecule has 1 fully saturated rings. The number of morpholine rings is 1. The van der Waals surface area contributed by atoms with Crippen molar-refractivity contribution in [3.63, 3.8) is 0 Å². The molecule has 0 aromatic rings. The van der Waals surface area contributed by atoms with Crippen molar-refractivity contribution in [2.24, 2.45) is 5.73 Å². The number of hydrogen-bond acceptors (Lipinski definition) is 4. The third-order valence-electron chi connectivity index (χ3n) is 1.85. The predicted octanol–water partition coefficient (Wildman–Crippen LogP) is 0.272. The van der Waals surface area contributed by atoms with E-state index in [9.17, 15) is 5.21 Å². The molecule has 1 aliphatic rings. The number of ether oxygens (including phenoxy) is 1. The maximum absolute atomic E-state index is 10.9. The third-order valence-corrected chi connectivity index (χ3v) is 1.85. The molecular weight excluding hydrogens is 144 g/mol. The van der Waals surface area contributed by atoms with Crippen LogP contribution >= 0.6 is 0 Å². The fourth-order valence-corrected chi connectivity index (χ4v) is 1.35. The molecule has 1 heterocycles. The average molecular weight is 159 g/mol. The highest BCUT2D eigenvalue weighted by atomic mass is 16.6. The van der Waals surface area contributed by atoms with Gasteiger partial charge in [0.2, 0.25) is 0 Å². The Hall–Kier alpha value is -0.160. The molecular formula is C7H15N2O2-. The van der Waals surface area contributed by atoms with Gasteiger partial charge in [-0.2, -0.15) is 0 Å². The SMILES string of the molecule is CCCC1(N)CN([O-])CCO1. The topological polar surface area (TPSA) is 61.5 Å². The van der Waals surface area contributed by atoms with Gasteiger partial charge in [-0.25, -0.2) is 0 Å². The maximum Gasteiger partial charge on any atom is 0.128 e. The molecule has 2 N–H and O–H groups in total. The molecule has 0 amide bonds. The fourth-order valence-electron chi connectivity index (χ4n) is 1.35. The van der Waals surface area contributed by atoms with Gasteiger partial charge < -0.3 is 20.7 Å². The summed E-state index contributed by atoms with van der Waals surface area (Å²) in [7, 11) is 0. The van der Waals surface area contributed by atoms with Gasteiger partial charge in [0.05, 0.1) is 6.61 Å². The third kappa shape index (κ3) is 2.41. The van der Waals surface area contributed by atoms with E-state index >= 15 is 0 Å². The predicted molar refractivity (Wildman–Crippen MR) is 42.7 cm³/mol. The smallest absolute Gasteiger partial charge is 0.128 e. The number of nitrogens with zero attached hydrogens (tertiary/aromatic N) is 1. The highest BCUT2D eigenvalue weighted by Crippen LogP contribution is 2.16. The molecule has 66 valence electrons. The summed E-state index contributed by atoms with van der Waals surface area (Å²) in [5.41, 5.74) is 5.11. The van der Waals surface area contributed by atoms with Crippen LogP contribution < -0.4 is 5.73 Å². The van der Waals surface area contributed by atoms with E-state index in [1.807, 2.05) is 6.92 Å². The van der Waals surface area contributed by atoms with E-state index in [4.69, 9.17) is 10.5 Å².